The molecule has 100 valence electrons. The summed E-state index contributed by atoms with van der Waals surface area (Å²) in [6.45, 7) is 2.06. The second kappa shape index (κ2) is 5.19. The van der Waals surface area contributed by atoms with Crippen LogP contribution in [0.1, 0.15) is 12.7 Å². The quantitative estimate of drug-likeness (QED) is 0.823. The number of aromatic nitrogens is 2. The lowest BCUT2D eigenvalue weighted by Gasteiger charge is -2.21. The number of carbonyl (C=O) groups excluding carboxylic acids is 1. The zero-order valence-corrected chi connectivity index (χ0v) is 10.9. The van der Waals surface area contributed by atoms with Gasteiger partial charge in [0.05, 0.1) is 23.5 Å². The number of carbonyl (C=O) groups is 1. The number of H-pyrrole nitrogens is 1. The molecule has 1 amide bonds. The average molecular weight is 260 g/mol. The fourth-order valence-electron chi connectivity index (χ4n) is 1.80. The van der Waals surface area contributed by atoms with Crippen LogP contribution in [0.3, 0.4) is 0 Å². The van der Waals surface area contributed by atoms with Gasteiger partial charge in [-0.1, -0.05) is 12.1 Å². The van der Waals surface area contributed by atoms with E-state index in [-0.39, 0.29) is 5.56 Å². The van der Waals surface area contributed by atoms with E-state index < -0.39 is 11.9 Å². The molecule has 2 rings (SSSR count). The van der Waals surface area contributed by atoms with Crippen molar-refractivity contribution in [2.75, 3.05) is 7.05 Å². The summed E-state index contributed by atoms with van der Waals surface area (Å²) in [4.78, 5) is 31.8. The minimum absolute atomic E-state index is 0.180. The Bertz CT molecular complexity index is 665. The molecule has 0 unspecified atom stereocenters. The van der Waals surface area contributed by atoms with Gasteiger partial charge in [-0.2, -0.15) is 0 Å². The van der Waals surface area contributed by atoms with Crippen LogP contribution >= 0.6 is 0 Å². The van der Waals surface area contributed by atoms with Crippen LogP contribution < -0.4 is 11.3 Å². The van der Waals surface area contributed by atoms with Gasteiger partial charge in [-0.25, -0.2) is 4.98 Å². The minimum atomic E-state index is -0.420. The van der Waals surface area contributed by atoms with Crippen molar-refractivity contribution in [1.29, 1.82) is 0 Å². The van der Waals surface area contributed by atoms with Gasteiger partial charge in [-0.3, -0.25) is 14.5 Å². The maximum absolute atomic E-state index is 11.9. The zero-order chi connectivity index (χ0) is 14.0. The molecule has 19 heavy (non-hydrogen) atoms. The lowest BCUT2D eigenvalue weighted by Crippen LogP contribution is -2.40. The topological polar surface area (TPSA) is 92.1 Å². The third kappa shape index (κ3) is 2.79. The number of benzene rings is 1. The summed E-state index contributed by atoms with van der Waals surface area (Å²) < 4.78 is 0. The molecule has 0 aliphatic carbocycles. The summed E-state index contributed by atoms with van der Waals surface area (Å²) in [7, 11) is 1.75. The van der Waals surface area contributed by atoms with E-state index in [2.05, 4.69) is 9.97 Å². The number of nitrogens with zero attached hydrogens (tertiary/aromatic N) is 2. The Balaban J connectivity index is 2.32. The molecule has 1 atom stereocenters. The minimum Gasteiger partial charge on any atom is -0.368 e. The number of fused-ring (bicyclic) bond motifs is 1. The molecule has 0 saturated carbocycles. The number of likely N-dealkylation sites (N-methyl/N-ethyl adjacent to an activating group) is 1. The predicted molar refractivity (Wildman–Crippen MR) is 72.5 cm³/mol. The molecule has 0 spiro atoms. The van der Waals surface area contributed by atoms with Crippen LogP contribution in [0.2, 0.25) is 0 Å². The molecule has 2 aromatic rings. The monoisotopic (exact) mass is 260 g/mol. The van der Waals surface area contributed by atoms with E-state index in [0.29, 0.717) is 23.3 Å². The maximum Gasteiger partial charge on any atom is 0.258 e. The lowest BCUT2D eigenvalue weighted by atomic mass is 10.2. The molecule has 1 aromatic carbocycles. The number of hydrogen-bond donors (Lipinski definition) is 2. The first kappa shape index (κ1) is 13.2. The first-order valence-electron chi connectivity index (χ1n) is 5.96. The van der Waals surface area contributed by atoms with E-state index in [0.717, 1.165) is 0 Å². The van der Waals surface area contributed by atoms with Gasteiger partial charge in [0.1, 0.15) is 5.82 Å². The second-order valence-electron chi connectivity index (χ2n) is 4.52. The Kier molecular flexibility index (Phi) is 3.62. The molecular weight excluding hydrogens is 244 g/mol. The Labute approximate surface area is 110 Å². The van der Waals surface area contributed by atoms with E-state index >= 15 is 0 Å². The number of para-hydroxylation sites is 1. The molecule has 1 heterocycles. The number of nitrogens with two attached hydrogens (primary N) is 1. The summed E-state index contributed by atoms with van der Waals surface area (Å²) in [6, 6.07) is 6.71. The highest BCUT2D eigenvalue weighted by Gasteiger charge is 2.16. The van der Waals surface area contributed by atoms with Crippen LogP contribution in [-0.2, 0) is 11.3 Å². The SMILES string of the molecule is C[C@H](C(N)=O)N(C)Cc1nc2ccccc2c(=O)[nH]1. The van der Waals surface area contributed by atoms with Crippen LogP contribution in [0.4, 0.5) is 0 Å². The summed E-state index contributed by atoms with van der Waals surface area (Å²) in [5.41, 5.74) is 5.70. The van der Waals surface area contributed by atoms with Crippen molar-refractivity contribution in [3.05, 3.63) is 40.4 Å². The van der Waals surface area contributed by atoms with Gasteiger partial charge < -0.3 is 10.7 Å². The largest absolute Gasteiger partial charge is 0.368 e. The van der Waals surface area contributed by atoms with Crippen LogP contribution in [0.25, 0.3) is 10.9 Å². The van der Waals surface area contributed by atoms with E-state index in [1.165, 1.54) is 0 Å². The molecule has 6 nitrogen and oxygen atoms in total. The number of primary amides is 1. The van der Waals surface area contributed by atoms with Gasteiger partial charge in [0, 0.05) is 0 Å². The summed E-state index contributed by atoms with van der Waals surface area (Å²) in [6.07, 6.45) is 0. The first-order chi connectivity index (χ1) is 8.99. The third-order valence-electron chi connectivity index (χ3n) is 3.13. The first-order valence-corrected chi connectivity index (χ1v) is 5.96. The molecule has 6 heteroatoms. The number of aromatic amines is 1. The van der Waals surface area contributed by atoms with Crippen molar-refractivity contribution in [1.82, 2.24) is 14.9 Å². The molecule has 0 fully saturated rings. The fourth-order valence-corrected chi connectivity index (χ4v) is 1.80. The number of rotatable bonds is 4. The lowest BCUT2D eigenvalue weighted by molar-refractivity contribution is -0.122. The van der Waals surface area contributed by atoms with E-state index in [1.54, 1.807) is 37.1 Å². The number of nitrogens with one attached hydrogen (secondary N) is 1. The van der Waals surface area contributed by atoms with Gasteiger partial charge >= 0.3 is 0 Å². The van der Waals surface area contributed by atoms with Gasteiger partial charge in [-0.05, 0) is 26.1 Å². The van der Waals surface area contributed by atoms with Gasteiger partial charge in [0.15, 0.2) is 0 Å². The Morgan fingerprint density at radius 3 is 2.84 bits per heavy atom. The smallest absolute Gasteiger partial charge is 0.258 e. The standard InChI is InChI=1S/C13H16N4O2/c1-8(12(14)18)17(2)7-11-15-10-6-4-3-5-9(10)13(19)16-11/h3-6,8H,7H2,1-2H3,(H2,14,18)(H,15,16,19)/t8-/m1/s1. The average Bonchev–Trinajstić information content (AvgIpc) is 2.37. The van der Waals surface area contributed by atoms with E-state index in [4.69, 9.17) is 5.73 Å². The second-order valence-corrected chi connectivity index (χ2v) is 4.52. The van der Waals surface area contributed by atoms with Crippen molar-refractivity contribution in [2.45, 2.75) is 19.5 Å². The summed E-state index contributed by atoms with van der Waals surface area (Å²) in [5, 5.41) is 0.553. The van der Waals surface area contributed by atoms with Gasteiger partial charge in [0.2, 0.25) is 5.91 Å². The highest BCUT2D eigenvalue weighted by Crippen LogP contribution is 2.07. The van der Waals surface area contributed by atoms with Crippen LogP contribution in [0.15, 0.2) is 29.1 Å². The molecule has 3 N–H and O–H groups in total. The molecule has 0 aliphatic heterocycles. The molecule has 0 aliphatic rings. The molecular formula is C13H16N4O2. The van der Waals surface area contributed by atoms with Gasteiger partial charge in [0.25, 0.3) is 5.56 Å². The zero-order valence-electron chi connectivity index (χ0n) is 10.9. The predicted octanol–water partition coefficient (Wildman–Crippen LogP) is 0.229. The molecule has 1 aromatic heterocycles. The summed E-state index contributed by atoms with van der Waals surface area (Å²) in [5.74, 6) is 0.102. The van der Waals surface area contributed by atoms with E-state index in [1.807, 2.05) is 6.07 Å². The Morgan fingerprint density at radius 2 is 2.16 bits per heavy atom. The fraction of sp³-hybridized carbons (Fsp3) is 0.308. The normalized spacial score (nSPS) is 12.8. The van der Waals surface area contributed by atoms with Gasteiger partial charge in [-0.15, -0.1) is 0 Å². The van der Waals surface area contributed by atoms with Crippen molar-refractivity contribution in [2.24, 2.45) is 5.73 Å². The van der Waals surface area contributed by atoms with E-state index in [9.17, 15) is 9.59 Å². The molecule has 0 bridgehead atoms. The van der Waals surface area contributed by atoms with Crippen molar-refractivity contribution < 1.29 is 4.79 Å². The van der Waals surface area contributed by atoms with Crippen molar-refractivity contribution >= 4 is 16.8 Å². The highest BCUT2D eigenvalue weighted by molar-refractivity contribution is 5.79. The van der Waals surface area contributed by atoms with Crippen LogP contribution in [0, 0.1) is 0 Å². The Hall–Kier alpha value is -2.21. The highest BCUT2D eigenvalue weighted by atomic mass is 16.1. The van der Waals surface area contributed by atoms with Crippen LogP contribution in [0.5, 0.6) is 0 Å². The number of hydrogen-bond acceptors (Lipinski definition) is 4. The molecule has 0 saturated heterocycles. The third-order valence-corrected chi connectivity index (χ3v) is 3.13. The van der Waals surface area contributed by atoms with Crippen molar-refractivity contribution in [3.63, 3.8) is 0 Å². The van der Waals surface area contributed by atoms with Crippen molar-refractivity contribution in [3.8, 4) is 0 Å². The number of amides is 1. The maximum atomic E-state index is 11.9. The van der Waals surface area contributed by atoms with Crippen LogP contribution in [-0.4, -0.2) is 33.9 Å². The summed E-state index contributed by atoms with van der Waals surface area (Å²) >= 11 is 0. The molecule has 0 radical (unpaired) electrons. The Morgan fingerprint density at radius 1 is 1.47 bits per heavy atom.